The SMILES string of the molecule is C/C(=C/c1cccc([N+](=O)[O-])c1)C(=O)OCCBr. The van der Waals surface area contributed by atoms with Gasteiger partial charge in [-0.05, 0) is 18.6 Å². The summed E-state index contributed by atoms with van der Waals surface area (Å²) >= 11 is 3.15. The highest BCUT2D eigenvalue weighted by molar-refractivity contribution is 9.09. The zero-order valence-corrected chi connectivity index (χ0v) is 11.3. The summed E-state index contributed by atoms with van der Waals surface area (Å²) in [6.45, 7) is 1.90. The van der Waals surface area contributed by atoms with Crippen LogP contribution < -0.4 is 0 Å². The van der Waals surface area contributed by atoms with Gasteiger partial charge >= 0.3 is 5.97 Å². The van der Waals surface area contributed by atoms with Crippen LogP contribution in [0.5, 0.6) is 0 Å². The number of halogens is 1. The van der Waals surface area contributed by atoms with E-state index in [9.17, 15) is 14.9 Å². The lowest BCUT2D eigenvalue weighted by atomic mass is 10.1. The van der Waals surface area contributed by atoms with E-state index in [1.165, 1.54) is 12.1 Å². The number of alkyl halides is 1. The van der Waals surface area contributed by atoms with Crippen LogP contribution in [-0.4, -0.2) is 22.8 Å². The number of carbonyl (C=O) groups excluding carboxylic acids is 1. The second kappa shape index (κ2) is 6.90. The molecule has 0 saturated heterocycles. The number of benzene rings is 1. The highest BCUT2D eigenvalue weighted by Crippen LogP contribution is 2.16. The number of hydrogen-bond acceptors (Lipinski definition) is 4. The fourth-order valence-electron chi connectivity index (χ4n) is 1.28. The summed E-state index contributed by atoms with van der Waals surface area (Å²) < 4.78 is 4.91. The lowest BCUT2D eigenvalue weighted by Gasteiger charge is -2.02. The Kier molecular flexibility index (Phi) is 5.51. The van der Waals surface area contributed by atoms with Gasteiger partial charge in [0.2, 0.25) is 0 Å². The molecule has 18 heavy (non-hydrogen) atoms. The molecular formula is C12H12BrNO4. The van der Waals surface area contributed by atoms with Crippen LogP contribution in [0.2, 0.25) is 0 Å². The van der Waals surface area contributed by atoms with E-state index in [1.807, 2.05) is 0 Å². The molecule has 0 radical (unpaired) electrons. The molecule has 0 unspecified atom stereocenters. The van der Waals surface area contributed by atoms with Crippen LogP contribution in [0.3, 0.4) is 0 Å². The van der Waals surface area contributed by atoms with E-state index < -0.39 is 10.9 Å². The standard InChI is InChI=1S/C12H12BrNO4/c1-9(12(15)18-6-5-13)7-10-3-2-4-11(8-10)14(16)17/h2-4,7-8H,5-6H2,1H3/b9-7-. The van der Waals surface area contributed by atoms with Crippen LogP contribution in [0, 0.1) is 10.1 Å². The number of ether oxygens (including phenoxy) is 1. The average molecular weight is 314 g/mol. The zero-order chi connectivity index (χ0) is 13.5. The lowest BCUT2D eigenvalue weighted by molar-refractivity contribution is -0.384. The summed E-state index contributed by atoms with van der Waals surface area (Å²) in [5.41, 5.74) is 0.985. The largest absolute Gasteiger partial charge is 0.461 e. The number of esters is 1. The molecule has 0 aliphatic carbocycles. The summed E-state index contributed by atoms with van der Waals surface area (Å²) in [7, 11) is 0. The molecule has 0 N–H and O–H groups in total. The first kappa shape index (κ1) is 14.4. The topological polar surface area (TPSA) is 69.4 Å². The van der Waals surface area contributed by atoms with Gasteiger partial charge in [-0.25, -0.2) is 4.79 Å². The van der Waals surface area contributed by atoms with Crippen molar-refractivity contribution in [3.63, 3.8) is 0 Å². The van der Waals surface area contributed by atoms with Crippen LogP contribution in [0.4, 0.5) is 5.69 Å². The molecule has 1 aromatic carbocycles. The van der Waals surface area contributed by atoms with E-state index in [0.717, 1.165) is 0 Å². The minimum Gasteiger partial charge on any atom is -0.461 e. The Bertz CT molecular complexity index is 485. The average Bonchev–Trinajstić information content (AvgIpc) is 2.36. The Labute approximate surface area is 113 Å². The van der Waals surface area contributed by atoms with Crippen LogP contribution >= 0.6 is 15.9 Å². The van der Waals surface area contributed by atoms with Gasteiger partial charge < -0.3 is 4.74 Å². The molecule has 96 valence electrons. The molecule has 1 aromatic rings. The maximum atomic E-state index is 11.5. The van der Waals surface area contributed by atoms with Crippen molar-refractivity contribution in [3.8, 4) is 0 Å². The molecule has 0 atom stereocenters. The Balaban J connectivity index is 2.84. The van der Waals surface area contributed by atoms with Gasteiger partial charge in [0, 0.05) is 23.0 Å². The summed E-state index contributed by atoms with van der Waals surface area (Å²) in [6.07, 6.45) is 1.56. The quantitative estimate of drug-likeness (QED) is 0.275. The zero-order valence-electron chi connectivity index (χ0n) is 9.76. The van der Waals surface area contributed by atoms with Crippen molar-refractivity contribution in [2.24, 2.45) is 0 Å². The molecule has 0 saturated carbocycles. The fourth-order valence-corrected chi connectivity index (χ4v) is 1.44. The molecule has 0 spiro atoms. The predicted molar refractivity (Wildman–Crippen MR) is 71.5 cm³/mol. The van der Waals surface area contributed by atoms with E-state index in [4.69, 9.17) is 4.74 Å². The first-order valence-electron chi connectivity index (χ1n) is 5.20. The van der Waals surface area contributed by atoms with Crippen molar-refractivity contribution < 1.29 is 14.5 Å². The van der Waals surface area contributed by atoms with E-state index in [-0.39, 0.29) is 5.69 Å². The fraction of sp³-hybridized carbons (Fsp3) is 0.250. The van der Waals surface area contributed by atoms with Crippen molar-refractivity contribution in [1.29, 1.82) is 0 Å². The summed E-state index contributed by atoms with van der Waals surface area (Å²) in [5, 5.41) is 11.2. The van der Waals surface area contributed by atoms with E-state index in [1.54, 1.807) is 25.1 Å². The molecule has 0 fully saturated rings. The van der Waals surface area contributed by atoms with E-state index in [0.29, 0.717) is 23.1 Å². The van der Waals surface area contributed by atoms with Gasteiger partial charge in [0.05, 0.1) is 4.92 Å². The van der Waals surface area contributed by atoms with Crippen molar-refractivity contribution in [3.05, 3.63) is 45.5 Å². The van der Waals surface area contributed by atoms with Gasteiger partial charge in [0.1, 0.15) is 6.61 Å². The maximum Gasteiger partial charge on any atom is 0.333 e. The summed E-state index contributed by atoms with van der Waals surface area (Å²) in [6, 6.07) is 6.06. The maximum absolute atomic E-state index is 11.5. The Morgan fingerprint density at radius 2 is 2.28 bits per heavy atom. The third-order valence-electron chi connectivity index (χ3n) is 2.10. The number of rotatable bonds is 5. The Morgan fingerprint density at radius 1 is 1.56 bits per heavy atom. The van der Waals surface area contributed by atoms with Crippen molar-refractivity contribution >= 4 is 33.7 Å². The van der Waals surface area contributed by atoms with Gasteiger partial charge in [-0.2, -0.15) is 0 Å². The first-order valence-corrected chi connectivity index (χ1v) is 6.32. The van der Waals surface area contributed by atoms with Crippen LogP contribution in [-0.2, 0) is 9.53 Å². The Hall–Kier alpha value is -1.69. The minimum absolute atomic E-state index is 0.00891. The normalized spacial score (nSPS) is 11.1. The van der Waals surface area contributed by atoms with Gasteiger partial charge in [-0.1, -0.05) is 28.1 Å². The number of nitro groups is 1. The highest BCUT2D eigenvalue weighted by Gasteiger charge is 2.08. The smallest absolute Gasteiger partial charge is 0.333 e. The number of hydrogen-bond donors (Lipinski definition) is 0. The third-order valence-corrected chi connectivity index (χ3v) is 2.42. The molecule has 0 heterocycles. The minimum atomic E-state index is -0.476. The van der Waals surface area contributed by atoms with Gasteiger partial charge in [-0.15, -0.1) is 0 Å². The van der Waals surface area contributed by atoms with Crippen molar-refractivity contribution in [1.82, 2.24) is 0 Å². The molecule has 0 amide bonds. The molecule has 6 heteroatoms. The molecule has 0 aliphatic rings. The monoisotopic (exact) mass is 313 g/mol. The van der Waals surface area contributed by atoms with Gasteiger partial charge in [0.25, 0.3) is 5.69 Å². The summed E-state index contributed by atoms with van der Waals surface area (Å²) in [5.74, 6) is -0.430. The number of nitrogens with zero attached hydrogens (tertiary/aromatic N) is 1. The van der Waals surface area contributed by atoms with Crippen molar-refractivity contribution in [2.45, 2.75) is 6.92 Å². The molecule has 0 aromatic heterocycles. The van der Waals surface area contributed by atoms with Crippen molar-refractivity contribution in [2.75, 3.05) is 11.9 Å². The van der Waals surface area contributed by atoms with Crippen LogP contribution in [0.15, 0.2) is 29.8 Å². The van der Waals surface area contributed by atoms with Gasteiger partial charge in [-0.3, -0.25) is 10.1 Å². The molecule has 5 nitrogen and oxygen atoms in total. The predicted octanol–water partition coefficient (Wildman–Crippen LogP) is 2.94. The molecule has 0 aliphatic heterocycles. The second-order valence-electron chi connectivity index (χ2n) is 3.50. The van der Waals surface area contributed by atoms with E-state index >= 15 is 0 Å². The first-order chi connectivity index (χ1) is 8.54. The third kappa shape index (κ3) is 4.29. The van der Waals surface area contributed by atoms with E-state index in [2.05, 4.69) is 15.9 Å². The number of carbonyl (C=O) groups is 1. The highest BCUT2D eigenvalue weighted by atomic mass is 79.9. The number of non-ortho nitro benzene ring substituents is 1. The Morgan fingerprint density at radius 3 is 2.89 bits per heavy atom. The van der Waals surface area contributed by atoms with Crippen LogP contribution in [0.25, 0.3) is 6.08 Å². The van der Waals surface area contributed by atoms with Gasteiger partial charge in [0.15, 0.2) is 0 Å². The second-order valence-corrected chi connectivity index (χ2v) is 4.30. The molecule has 1 rings (SSSR count). The van der Waals surface area contributed by atoms with Crippen LogP contribution in [0.1, 0.15) is 12.5 Å². The molecule has 0 bridgehead atoms. The summed E-state index contributed by atoms with van der Waals surface area (Å²) in [4.78, 5) is 21.6. The molecular weight excluding hydrogens is 302 g/mol. The number of nitro benzene ring substituents is 1. The lowest BCUT2D eigenvalue weighted by Crippen LogP contribution is -2.07.